The highest BCUT2D eigenvalue weighted by Crippen LogP contribution is 2.49. The molecule has 0 bridgehead atoms. The summed E-state index contributed by atoms with van der Waals surface area (Å²) in [5.74, 6) is -0.381. The van der Waals surface area contributed by atoms with E-state index >= 15 is 0 Å². The lowest BCUT2D eigenvalue weighted by Gasteiger charge is -2.32. The Morgan fingerprint density at radius 2 is 1.44 bits per heavy atom. The molecule has 3 amide bonds. The number of nitrogens with one attached hydrogen (secondary N) is 1. The fourth-order valence-electron chi connectivity index (χ4n) is 4.89. The van der Waals surface area contributed by atoms with E-state index in [1.807, 2.05) is 60.7 Å². The number of imide groups is 1. The van der Waals surface area contributed by atoms with Gasteiger partial charge in [-0.1, -0.05) is 107 Å². The van der Waals surface area contributed by atoms with Crippen LogP contribution in [0.4, 0.5) is 16.2 Å². The number of hydrogen-bond acceptors (Lipinski definition) is 5. The molecule has 41 heavy (non-hydrogen) atoms. The van der Waals surface area contributed by atoms with Gasteiger partial charge in [-0.05, 0) is 54.5 Å². The highest BCUT2D eigenvalue weighted by Gasteiger charge is 2.42. The van der Waals surface area contributed by atoms with E-state index in [0.717, 1.165) is 11.4 Å². The summed E-state index contributed by atoms with van der Waals surface area (Å²) in [5.41, 5.74) is 3.72. The van der Waals surface area contributed by atoms with Gasteiger partial charge in [-0.15, -0.1) is 0 Å². The normalized spacial score (nSPS) is 17.0. The van der Waals surface area contributed by atoms with Gasteiger partial charge in [-0.3, -0.25) is 4.79 Å². The molecule has 2 aliphatic rings. The van der Waals surface area contributed by atoms with E-state index < -0.39 is 11.4 Å². The van der Waals surface area contributed by atoms with Crippen LogP contribution >= 0.6 is 46.7 Å². The van der Waals surface area contributed by atoms with Crippen LogP contribution in [0.25, 0.3) is 6.08 Å². The van der Waals surface area contributed by atoms with E-state index in [1.54, 1.807) is 30.0 Å². The van der Waals surface area contributed by atoms with Crippen LogP contribution < -0.4 is 10.2 Å². The van der Waals surface area contributed by atoms with E-state index in [2.05, 4.69) is 34.5 Å². The van der Waals surface area contributed by atoms with E-state index in [4.69, 9.17) is 23.2 Å². The standard InChI is InChI=1S/C32H25Cl2N3O2S2/c33-23-12-3-1-10-21(23)20-29-30(38)37(31(41-29)22-11-2-4-13-24(22)34)32(39)35-18-9-19-36-25-14-5-7-16-27(25)40-28-17-8-6-15-26(28)36/h1-8,10-17,20,31H,9,18-19H2,(H,35,39)/b29-20+. The minimum Gasteiger partial charge on any atom is -0.340 e. The van der Waals surface area contributed by atoms with Gasteiger partial charge in [0.25, 0.3) is 5.91 Å². The minimum atomic E-state index is -0.595. The molecule has 9 heteroatoms. The zero-order chi connectivity index (χ0) is 28.3. The number of carbonyl (C=O) groups excluding carboxylic acids is 2. The molecule has 1 unspecified atom stereocenters. The molecule has 2 heterocycles. The van der Waals surface area contributed by atoms with Crippen molar-refractivity contribution in [1.29, 1.82) is 0 Å². The number of hydrogen-bond donors (Lipinski definition) is 1. The summed E-state index contributed by atoms with van der Waals surface area (Å²) in [7, 11) is 0. The molecule has 6 rings (SSSR count). The monoisotopic (exact) mass is 617 g/mol. The Morgan fingerprint density at radius 3 is 2.12 bits per heavy atom. The Balaban J connectivity index is 1.19. The van der Waals surface area contributed by atoms with Crippen molar-refractivity contribution in [3.05, 3.63) is 123 Å². The summed E-state index contributed by atoms with van der Waals surface area (Å²) in [4.78, 5) is 33.5. The van der Waals surface area contributed by atoms with Gasteiger partial charge in [-0.2, -0.15) is 0 Å². The molecule has 0 saturated carbocycles. The molecular weight excluding hydrogens is 593 g/mol. The number of anilines is 2. The summed E-state index contributed by atoms with van der Waals surface area (Å²) in [6, 6.07) is 30.8. The highest BCUT2D eigenvalue weighted by atomic mass is 35.5. The number of amides is 3. The van der Waals surface area contributed by atoms with Gasteiger partial charge in [0, 0.05) is 38.5 Å². The van der Waals surface area contributed by atoms with Crippen molar-refractivity contribution in [1.82, 2.24) is 10.2 Å². The SMILES string of the molecule is O=C(NCCCN1c2ccccc2Sc2ccccc21)N1C(=O)/C(=C\c2ccccc2Cl)SC1c1ccccc1Cl. The second-order valence-corrected chi connectivity index (χ2v) is 12.5. The van der Waals surface area contributed by atoms with Gasteiger partial charge >= 0.3 is 6.03 Å². The number of urea groups is 1. The average molecular weight is 619 g/mol. The van der Waals surface area contributed by atoms with Crippen LogP contribution in [0.1, 0.15) is 22.9 Å². The quantitative estimate of drug-likeness (QED) is 0.173. The third kappa shape index (κ3) is 5.72. The van der Waals surface area contributed by atoms with Gasteiger partial charge in [0.2, 0.25) is 0 Å². The maximum atomic E-state index is 13.6. The Bertz CT molecular complexity index is 1620. The molecular formula is C32H25Cl2N3O2S2. The number of thioether (sulfide) groups is 1. The Morgan fingerprint density at radius 1 is 0.829 bits per heavy atom. The topological polar surface area (TPSA) is 52.7 Å². The lowest BCUT2D eigenvalue weighted by atomic mass is 10.2. The number of nitrogens with zero attached hydrogens (tertiary/aromatic N) is 2. The Hall–Kier alpha value is -3.36. The average Bonchev–Trinajstić information content (AvgIpc) is 3.31. The zero-order valence-corrected chi connectivity index (χ0v) is 24.9. The van der Waals surface area contributed by atoms with Gasteiger partial charge in [-0.25, -0.2) is 9.69 Å². The first-order chi connectivity index (χ1) is 20.0. The van der Waals surface area contributed by atoms with E-state index in [-0.39, 0.29) is 5.91 Å². The summed E-state index contributed by atoms with van der Waals surface area (Å²) >= 11 is 15.9. The summed E-state index contributed by atoms with van der Waals surface area (Å²) in [6.45, 7) is 1.11. The number of halogens is 2. The predicted octanol–water partition coefficient (Wildman–Crippen LogP) is 9.01. The molecule has 2 aliphatic heterocycles. The molecule has 1 atom stereocenters. The van der Waals surface area contributed by atoms with Gasteiger partial charge < -0.3 is 10.2 Å². The van der Waals surface area contributed by atoms with Crippen molar-refractivity contribution < 1.29 is 9.59 Å². The first-order valence-corrected chi connectivity index (χ1v) is 15.6. The molecule has 5 nitrogen and oxygen atoms in total. The molecule has 1 N–H and O–H groups in total. The Kier molecular flexibility index (Phi) is 8.30. The molecule has 0 aromatic heterocycles. The number of para-hydroxylation sites is 2. The van der Waals surface area contributed by atoms with E-state index in [9.17, 15) is 9.59 Å². The first-order valence-electron chi connectivity index (χ1n) is 13.1. The maximum absolute atomic E-state index is 13.6. The molecule has 1 saturated heterocycles. The first kappa shape index (κ1) is 27.8. The molecule has 1 fully saturated rings. The van der Waals surface area contributed by atoms with E-state index in [1.165, 1.54) is 26.5 Å². The summed E-state index contributed by atoms with van der Waals surface area (Å²) < 4.78 is 0. The highest BCUT2D eigenvalue weighted by molar-refractivity contribution is 8.04. The molecule has 0 radical (unpaired) electrons. The van der Waals surface area contributed by atoms with Gasteiger partial charge in [0.1, 0.15) is 5.37 Å². The number of fused-ring (bicyclic) bond motifs is 2. The van der Waals surface area contributed by atoms with Gasteiger partial charge in [0.15, 0.2) is 0 Å². The third-order valence-corrected chi connectivity index (χ3v) is 9.90. The van der Waals surface area contributed by atoms with Crippen molar-refractivity contribution in [2.75, 3.05) is 18.0 Å². The van der Waals surface area contributed by atoms with Crippen LogP contribution in [0, 0.1) is 0 Å². The molecule has 4 aromatic rings. The van der Waals surface area contributed by atoms with Crippen molar-refractivity contribution in [3.63, 3.8) is 0 Å². The molecule has 0 aliphatic carbocycles. The predicted molar refractivity (Wildman–Crippen MR) is 170 cm³/mol. The van der Waals surface area contributed by atoms with Crippen LogP contribution in [0.5, 0.6) is 0 Å². The summed E-state index contributed by atoms with van der Waals surface area (Å²) in [6.07, 6.45) is 2.42. The fraction of sp³-hybridized carbons (Fsp3) is 0.125. The third-order valence-electron chi connectivity index (χ3n) is 6.85. The van der Waals surface area contributed by atoms with Crippen molar-refractivity contribution in [3.8, 4) is 0 Å². The maximum Gasteiger partial charge on any atom is 0.325 e. The Labute approximate surface area is 257 Å². The van der Waals surface area contributed by atoms with Crippen molar-refractivity contribution in [2.24, 2.45) is 0 Å². The van der Waals surface area contributed by atoms with Crippen LogP contribution in [-0.2, 0) is 4.79 Å². The van der Waals surface area contributed by atoms with Crippen molar-refractivity contribution in [2.45, 2.75) is 21.6 Å². The van der Waals surface area contributed by atoms with Crippen LogP contribution in [0.2, 0.25) is 10.0 Å². The van der Waals surface area contributed by atoms with Crippen LogP contribution in [0.3, 0.4) is 0 Å². The minimum absolute atomic E-state index is 0.381. The zero-order valence-electron chi connectivity index (χ0n) is 21.8. The molecule has 206 valence electrons. The number of carbonyl (C=O) groups is 2. The van der Waals surface area contributed by atoms with Crippen LogP contribution in [-0.4, -0.2) is 29.9 Å². The molecule has 0 spiro atoms. The van der Waals surface area contributed by atoms with Crippen molar-refractivity contribution >= 4 is 76.1 Å². The lowest BCUT2D eigenvalue weighted by molar-refractivity contribution is -0.123. The fourth-order valence-corrected chi connectivity index (χ4v) is 7.75. The molecule has 4 aromatic carbocycles. The second-order valence-electron chi connectivity index (χ2n) is 9.47. The summed E-state index contributed by atoms with van der Waals surface area (Å²) in [5, 5.41) is 3.42. The van der Waals surface area contributed by atoms with Gasteiger partial charge in [0.05, 0.1) is 16.3 Å². The van der Waals surface area contributed by atoms with Crippen LogP contribution in [0.15, 0.2) is 112 Å². The second kappa shape index (κ2) is 12.2. The smallest absolute Gasteiger partial charge is 0.325 e. The largest absolute Gasteiger partial charge is 0.340 e. The lowest BCUT2D eigenvalue weighted by Crippen LogP contribution is -2.42. The van der Waals surface area contributed by atoms with E-state index in [0.29, 0.717) is 45.6 Å². The number of benzene rings is 4. The number of rotatable bonds is 6.